The summed E-state index contributed by atoms with van der Waals surface area (Å²) in [7, 11) is 0. The van der Waals surface area contributed by atoms with Gasteiger partial charge in [0.05, 0.1) is 5.56 Å². The van der Waals surface area contributed by atoms with Crippen molar-refractivity contribution in [2.24, 2.45) is 0 Å². The maximum Gasteiger partial charge on any atom is 0.338 e. The molecule has 0 aliphatic rings. The fraction of sp³-hybridized carbons (Fsp3) is 0.143. The van der Waals surface area contributed by atoms with E-state index in [0.29, 0.717) is 11.3 Å². The van der Waals surface area contributed by atoms with Gasteiger partial charge < -0.3 is 10.1 Å². The molecule has 1 N–H and O–H groups in total. The van der Waals surface area contributed by atoms with E-state index >= 15 is 0 Å². The fourth-order valence-electron chi connectivity index (χ4n) is 2.72. The van der Waals surface area contributed by atoms with Gasteiger partial charge in [0.25, 0.3) is 5.91 Å². The van der Waals surface area contributed by atoms with Crippen molar-refractivity contribution in [1.82, 2.24) is 0 Å². The molecule has 25 heavy (non-hydrogen) atoms. The Labute approximate surface area is 146 Å². The van der Waals surface area contributed by atoms with Gasteiger partial charge in [-0.25, -0.2) is 4.79 Å². The zero-order valence-electron chi connectivity index (χ0n) is 14.2. The van der Waals surface area contributed by atoms with Gasteiger partial charge in [-0.2, -0.15) is 0 Å². The highest BCUT2D eigenvalue weighted by molar-refractivity contribution is 5.97. The lowest BCUT2D eigenvalue weighted by Crippen LogP contribution is -2.21. The Balaban J connectivity index is 1.61. The lowest BCUT2D eigenvalue weighted by Gasteiger charge is -2.09. The Kier molecular flexibility index (Phi) is 4.80. The first-order chi connectivity index (χ1) is 12.0. The normalized spacial score (nSPS) is 10.5. The molecular formula is C21H19NO3. The van der Waals surface area contributed by atoms with Crippen molar-refractivity contribution >= 4 is 28.3 Å². The smallest absolute Gasteiger partial charge is 0.338 e. The number of aryl methyl sites for hydroxylation is 2. The number of fused-ring (bicyclic) bond motifs is 1. The number of anilines is 1. The minimum absolute atomic E-state index is 0.320. The van der Waals surface area contributed by atoms with E-state index in [1.807, 2.05) is 68.4 Å². The van der Waals surface area contributed by atoms with Gasteiger partial charge in [-0.15, -0.1) is 0 Å². The van der Waals surface area contributed by atoms with Gasteiger partial charge in [-0.1, -0.05) is 48.0 Å². The summed E-state index contributed by atoms with van der Waals surface area (Å²) >= 11 is 0. The van der Waals surface area contributed by atoms with Crippen molar-refractivity contribution in [3.63, 3.8) is 0 Å². The first kappa shape index (κ1) is 16.7. The predicted molar refractivity (Wildman–Crippen MR) is 98.8 cm³/mol. The molecule has 4 heteroatoms. The summed E-state index contributed by atoms with van der Waals surface area (Å²) in [5.41, 5.74) is 3.05. The van der Waals surface area contributed by atoms with Gasteiger partial charge in [-0.3, -0.25) is 4.79 Å². The Morgan fingerprint density at radius 1 is 0.920 bits per heavy atom. The molecule has 126 valence electrons. The second-order valence-corrected chi connectivity index (χ2v) is 6.00. The summed E-state index contributed by atoms with van der Waals surface area (Å²) in [5, 5.41) is 4.88. The summed E-state index contributed by atoms with van der Waals surface area (Å²) in [4.78, 5) is 24.1. The summed E-state index contributed by atoms with van der Waals surface area (Å²) in [6, 6.07) is 19.0. The third kappa shape index (κ3) is 4.04. The number of ether oxygens (including phenoxy) is 1. The van der Waals surface area contributed by atoms with Crippen LogP contribution in [-0.2, 0) is 9.53 Å². The van der Waals surface area contributed by atoms with Crippen LogP contribution in [0.3, 0.4) is 0 Å². The highest BCUT2D eigenvalue weighted by Crippen LogP contribution is 2.19. The number of rotatable bonds is 4. The molecule has 4 nitrogen and oxygen atoms in total. The molecule has 3 rings (SSSR count). The van der Waals surface area contributed by atoms with Crippen LogP contribution in [0.25, 0.3) is 10.8 Å². The quantitative estimate of drug-likeness (QED) is 0.726. The van der Waals surface area contributed by atoms with Crippen LogP contribution < -0.4 is 5.32 Å². The third-order valence-electron chi connectivity index (χ3n) is 3.97. The minimum atomic E-state index is -0.494. The van der Waals surface area contributed by atoms with E-state index in [1.165, 1.54) is 0 Å². The third-order valence-corrected chi connectivity index (χ3v) is 3.97. The number of amides is 1. The van der Waals surface area contributed by atoms with Crippen LogP contribution in [0.15, 0.2) is 60.7 Å². The maximum absolute atomic E-state index is 12.1. The van der Waals surface area contributed by atoms with E-state index in [-0.39, 0.29) is 12.5 Å². The Hall–Kier alpha value is -3.14. The largest absolute Gasteiger partial charge is 0.452 e. The number of benzene rings is 3. The van der Waals surface area contributed by atoms with Gasteiger partial charge in [0, 0.05) is 5.69 Å². The molecular weight excluding hydrogens is 314 g/mol. The monoisotopic (exact) mass is 333 g/mol. The molecule has 0 spiro atoms. The van der Waals surface area contributed by atoms with Crippen molar-refractivity contribution in [2.75, 3.05) is 11.9 Å². The number of hydrogen-bond donors (Lipinski definition) is 1. The second kappa shape index (κ2) is 7.18. The molecule has 0 atom stereocenters. The lowest BCUT2D eigenvalue weighted by atomic mass is 10.1. The van der Waals surface area contributed by atoms with Crippen molar-refractivity contribution in [3.05, 3.63) is 77.4 Å². The second-order valence-electron chi connectivity index (χ2n) is 6.00. The van der Waals surface area contributed by atoms with E-state index in [0.717, 1.165) is 21.9 Å². The van der Waals surface area contributed by atoms with E-state index in [1.54, 1.807) is 6.07 Å². The molecule has 3 aromatic carbocycles. The van der Waals surface area contributed by atoms with Gasteiger partial charge in [0.2, 0.25) is 0 Å². The Morgan fingerprint density at radius 3 is 2.44 bits per heavy atom. The van der Waals surface area contributed by atoms with Crippen LogP contribution in [0, 0.1) is 13.8 Å². The fourth-order valence-corrected chi connectivity index (χ4v) is 2.72. The Morgan fingerprint density at radius 2 is 1.68 bits per heavy atom. The molecule has 0 fully saturated rings. The molecule has 0 saturated carbocycles. The first-order valence-electron chi connectivity index (χ1n) is 8.06. The predicted octanol–water partition coefficient (Wildman–Crippen LogP) is 4.25. The SMILES string of the molecule is Cc1ccc(C(=O)OCC(=O)Nc2ccc3ccccc3c2)c(C)c1. The van der Waals surface area contributed by atoms with Crippen LogP contribution in [0.1, 0.15) is 21.5 Å². The average Bonchev–Trinajstić information content (AvgIpc) is 2.59. The summed E-state index contributed by atoms with van der Waals surface area (Å²) in [6.45, 7) is 3.48. The summed E-state index contributed by atoms with van der Waals surface area (Å²) in [5.74, 6) is -0.862. The molecule has 0 aliphatic carbocycles. The van der Waals surface area contributed by atoms with Crippen LogP contribution >= 0.6 is 0 Å². The van der Waals surface area contributed by atoms with E-state index in [9.17, 15) is 9.59 Å². The van der Waals surface area contributed by atoms with E-state index in [2.05, 4.69) is 5.32 Å². The molecule has 3 aromatic rings. The van der Waals surface area contributed by atoms with Gasteiger partial charge in [0.15, 0.2) is 6.61 Å². The van der Waals surface area contributed by atoms with Crippen LogP contribution in [0.5, 0.6) is 0 Å². The van der Waals surface area contributed by atoms with Gasteiger partial charge in [0.1, 0.15) is 0 Å². The topological polar surface area (TPSA) is 55.4 Å². The molecule has 0 bridgehead atoms. The number of hydrogen-bond acceptors (Lipinski definition) is 3. The molecule has 0 saturated heterocycles. The van der Waals surface area contributed by atoms with Crippen molar-refractivity contribution in [3.8, 4) is 0 Å². The number of nitrogens with one attached hydrogen (secondary N) is 1. The van der Waals surface area contributed by atoms with E-state index in [4.69, 9.17) is 4.74 Å². The van der Waals surface area contributed by atoms with Gasteiger partial charge in [-0.05, 0) is 48.4 Å². The van der Waals surface area contributed by atoms with E-state index < -0.39 is 5.97 Å². The lowest BCUT2D eigenvalue weighted by molar-refractivity contribution is -0.119. The number of carbonyl (C=O) groups excluding carboxylic acids is 2. The molecule has 1 amide bonds. The molecule has 0 aromatic heterocycles. The van der Waals surface area contributed by atoms with Crippen molar-refractivity contribution < 1.29 is 14.3 Å². The zero-order valence-corrected chi connectivity index (χ0v) is 14.2. The van der Waals surface area contributed by atoms with Crippen molar-refractivity contribution in [1.29, 1.82) is 0 Å². The number of carbonyl (C=O) groups is 2. The average molecular weight is 333 g/mol. The van der Waals surface area contributed by atoms with Crippen molar-refractivity contribution in [2.45, 2.75) is 13.8 Å². The van der Waals surface area contributed by atoms with Gasteiger partial charge >= 0.3 is 5.97 Å². The molecule has 0 aliphatic heterocycles. The molecule has 0 heterocycles. The maximum atomic E-state index is 12.1. The highest BCUT2D eigenvalue weighted by atomic mass is 16.5. The standard InChI is InChI=1S/C21H19NO3/c1-14-7-10-19(15(2)11-14)21(24)25-13-20(23)22-18-9-8-16-5-3-4-6-17(16)12-18/h3-12H,13H2,1-2H3,(H,22,23). The molecule has 0 radical (unpaired) electrons. The Bertz CT molecular complexity index is 947. The van der Waals surface area contributed by atoms with Crippen LogP contribution in [-0.4, -0.2) is 18.5 Å². The minimum Gasteiger partial charge on any atom is -0.452 e. The highest BCUT2D eigenvalue weighted by Gasteiger charge is 2.13. The van der Waals surface area contributed by atoms with Crippen LogP contribution in [0.2, 0.25) is 0 Å². The zero-order chi connectivity index (χ0) is 17.8. The molecule has 0 unspecified atom stereocenters. The summed E-state index contributed by atoms with van der Waals surface area (Å²) < 4.78 is 5.12. The number of esters is 1. The summed E-state index contributed by atoms with van der Waals surface area (Å²) in [6.07, 6.45) is 0. The first-order valence-corrected chi connectivity index (χ1v) is 8.06. The van der Waals surface area contributed by atoms with Crippen LogP contribution in [0.4, 0.5) is 5.69 Å².